The van der Waals surface area contributed by atoms with E-state index in [0.717, 1.165) is 22.5 Å². The largest absolute Gasteiger partial charge is 0.476 e. The molecule has 0 spiro atoms. The van der Waals surface area contributed by atoms with Crippen LogP contribution in [0.4, 0.5) is 0 Å². The Morgan fingerprint density at radius 1 is 1.07 bits per heavy atom. The number of hydrogen-bond donors (Lipinski definition) is 1. The fourth-order valence-corrected chi connectivity index (χ4v) is 2.68. The van der Waals surface area contributed by atoms with E-state index in [2.05, 4.69) is 22.2 Å². The van der Waals surface area contributed by atoms with E-state index in [1.807, 2.05) is 54.9 Å². The second kappa shape index (κ2) is 9.21. The number of aromatic carboxylic acids is 1. The number of rotatable bonds is 2. The third kappa shape index (κ3) is 4.88. The van der Waals surface area contributed by atoms with Crippen LogP contribution in [0.15, 0.2) is 66.9 Å². The minimum Gasteiger partial charge on any atom is -0.476 e. The molecule has 0 fully saturated rings. The van der Waals surface area contributed by atoms with Gasteiger partial charge in [-0.25, -0.2) is 9.78 Å². The minimum absolute atomic E-state index is 0. The van der Waals surface area contributed by atoms with Gasteiger partial charge in [-0.15, -0.1) is 6.07 Å². The van der Waals surface area contributed by atoms with Gasteiger partial charge in [-0.2, -0.15) is 29.4 Å². The maximum absolute atomic E-state index is 10.8. The van der Waals surface area contributed by atoms with Crippen LogP contribution in [0.1, 0.15) is 21.9 Å². The first kappa shape index (κ1) is 20.5. The molecule has 1 N–H and O–H groups in total. The second-order valence-corrected chi connectivity index (χ2v) is 5.77. The zero-order valence-corrected chi connectivity index (χ0v) is 17.3. The first-order valence-corrected chi connectivity index (χ1v) is 8.13. The number of pyridine rings is 1. The zero-order valence-electron chi connectivity index (χ0n) is 14.9. The molecule has 0 saturated carbocycles. The number of carboxylic acid groups (broad SMARTS) is 1. The summed E-state index contributed by atoms with van der Waals surface area (Å²) in [4.78, 5) is 14.6. The molecule has 2 heterocycles. The molecule has 0 unspecified atom stereocenters. The summed E-state index contributed by atoms with van der Waals surface area (Å²) in [5, 5.41) is 14.8. The fourth-order valence-electron chi connectivity index (χ4n) is 2.68. The first-order valence-electron chi connectivity index (χ1n) is 8.13. The van der Waals surface area contributed by atoms with E-state index in [0.29, 0.717) is 5.39 Å². The minimum atomic E-state index is -0.989. The van der Waals surface area contributed by atoms with Crippen LogP contribution in [-0.4, -0.2) is 25.8 Å². The quantitative estimate of drug-likeness (QED) is 0.390. The number of benzene rings is 2. The Labute approximate surface area is 171 Å². The molecule has 0 bridgehead atoms. The van der Waals surface area contributed by atoms with E-state index in [-0.39, 0.29) is 25.8 Å². The average molecular weight is 537 g/mol. The van der Waals surface area contributed by atoms with Gasteiger partial charge in [0, 0.05) is 37.4 Å². The van der Waals surface area contributed by atoms with Gasteiger partial charge in [-0.1, -0.05) is 24.3 Å². The third-order valence-corrected chi connectivity index (χ3v) is 3.81. The molecule has 0 aliphatic heterocycles. The summed E-state index contributed by atoms with van der Waals surface area (Å²) in [6.07, 6.45) is 1.51. The Bertz CT molecular complexity index is 1040. The summed E-state index contributed by atoms with van der Waals surface area (Å²) in [6.45, 7) is 4.04. The number of fused-ring (bicyclic) bond motifs is 1. The Kier molecular flexibility index (Phi) is 6.99. The van der Waals surface area contributed by atoms with Crippen LogP contribution in [0.3, 0.4) is 0 Å². The van der Waals surface area contributed by atoms with Crippen LogP contribution >= 0.6 is 0 Å². The molecule has 0 aliphatic carbocycles. The molecular formula is C21H18IrN3O2-. The van der Waals surface area contributed by atoms with Crippen molar-refractivity contribution in [2.45, 2.75) is 13.8 Å². The van der Waals surface area contributed by atoms with Crippen molar-refractivity contribution < 1.29 is 30.0 Å². The summed E-state index contributed by atoms with van der Waals surface area (Å²) >= 11 is 0. The van der Waals surface area contributed by atoms with Gasteiger partial charge in [-0.3, -0.25) is 4.68 Å². The molecule has 4 aromatic rings. The topological polar surface area (TPSA) is 68.0 Å². The van der Waals surface area contributed by atoms with Crippen LogP contribution in [0.2, 0.25) is 0 Å². The maximum atomic E-state index is 10.8. The van der Waals surface area contributed by atoms with Crippen molar-refractivity contribution in [2.24, 2.45) is 0 Å². The van der Waals surface area contributed by atoms with E-state index in [9.17, 15) is 4.79 Å². The number of aryl methyl sites for hydroxylation is 2. The van der Waals surface area contributed by atoms with Crippen molar-refractivity contribution in [3.8, 4) is 5.69 Å². The SMILES string of the molecule is Cc1cc(C)n(-c2[c-]cccc2)n1.O=C(O)c1nccc2ccccc12.[Ir]. The van der Waals surface area contributed by atoms with Gasteiger partial charge in [0.1, 0.15) is 0 Å². The van der Waals surface area contributed by atoms with E-state index >= 15 is 0 Å². The molecule has 5 nitrogen and oxygen atoms in total. The van der Waals surface area contributed by atoms with Crippen LogP contribution in [0.5, 0.6) is 0 Å². The van der Waals surface area contributed by atoms with Crippen LogP contribution in [0, 0.1) is 19.9 Å². The second-order valence-electron chi connectivity index (χ2n) is 5.77. The smallest absolute Gasteiger partial charge is 0.355 e. The standard InChI is InChI=1S/C11H11N2.C10H7NO2.Ir/c1-9-8-10(2)13(12-9)11-6-4-3-5-7-11;12-10(13)9-8-4-2-1-3-7(8)5-6-11-9;/h3-6,8H,1-2H3;1-6H,(H,12,13);/q-1;;. The molecule has 0 aliphatic rings. The Morgan fingerprint density at radius 2 is 1.81 bits per heavy atom. The molecule has 139 valence electrons. The van der Waals surface area contributed by atoms with E-state index < -0.39 is 5.97 Å². The van der Waals surface area contributed by atoms with Gasteiger partial charge in [-0.05, 0) is 37.1 Å². The molecule has 2 aromatic carbocycles. The van der Waals surface area contributed by atoms with Gasteiger partial charge in [0.2, 0.25) is 0 Å². The van der Waals surface area contributed by atoms with Crippen molar-refractivity contribution in [1.82, 2.24) is 14.8 Å². The normalized spacial score (nSPS) is 9.85. The number of nitrogens with zero attached hydrogens (tertiary/aromatic N) is 3. The Hall–Kier alpha value is -2.82. The van der Waals surface area contributed by atoms with Gasteiger partial charge < -0.3 is 5.11 Å². The Morgan fingerprint density at radius 3 is 2.44 bits per heavy atom. The fraction of sp³-hybridized carbons (Fsp3) is 0.0952. The summed E-state index contributed by atoms with van der Waals surface area (Å²) in [6, 6.07) is 22.1. The number of carbonyl (C=O) groups is 1. The predicted octanol–water partition coefficient (Wildman–Crippen LogP) is 4.22. The van der Waals surface area contributed by atoms with E-state index in [1.54, 1.807) is 18.2 Å². The average Bonchev–Trinajstić information content (AvgIpc) is 3.00. The first-order chi connectivity index (χ1) is 12.6. The van der Waals surface area contributed by atoms with E-state index in [4.69, 9.17) is 5.11 Å². The van der Waals surface area contributed by atoms with E-state index in [1.165, 1.54) is 6.20 Å². The van der Waals surface area contributed by atoms with Crippen molar-refractivity contribution in [2.75, 3.05) is 0 Å². The third-order valence-electron chi connectivity index (χ3n) is 3.81. The van der Waals surface area contributed by atoms with Gasteiger partial charge in [0.15, 0.2) is 5.69 Å². The van der Waals surface area contributed by atoms with Crippen molar-refractivity contribution in [3.05, 3.63) is 90.0 Å². The molecule has 6 heteroatoms. The number of aromatic nitrogens is 3. The van der Waals surface area contributed by atoms with Crippen LogP contribution in [-0.2, 0) is 20.1 Å². The van der Waals surface area contributed by atoms with Gasteiger partial charge in [0.25, 0.3) is 0 Å². The van der Waals surface area contributed by atoms with Crippen LogP contribution < -0.4 is 0 Å². The zero-order chi connectivity index (χ0) is 18.5. The summed E-state index contributed by atoms with van der Waals surface area (Å²) in [7, 11) is 0. The number of para-hydroxylation sites is 1. The van der Waals surface area contributed by atoms with Crippen molar-refractivity contribution in [1.29, 1.82) is 0 Å². The van der Waals surface area contributed by atoms with Crippen molar-refractivity contribution in [3.63, 3.8) is 0 Å². The molecule has 0 atom stereocenters. The Balaban J connectivity index is 0.000000187. The molecule has 0 amide bonds. The summed E-state index contributed by atoms with van der Waals surface area (Å²) in [5.41, 5.74) is 3.28. The molecule has 1 radical (unpaired) electrons. The van der Waals surface area contributed by atoms with Gasteiger partial charge >= 0.3 is 5.97 Å². The number of carboxylic acids is 1. The summed E-state index contributed by atoms with van der Waals surface area (Å²) in [5.74, 6) is -0.989. The maximum Gasteiger partial charge on any atom is 0.355 e. The summed E-state index contributed by atoms with van der Waals surface area (Å²) < 4.78 is 1.90. The molecular weight excluding hydrogens is 518 g/mol. The number of hydrogen-bond acceptors (Lipinski definition) is 3. The van der Waals surface area contributed by atoms with Crippen LogP contribution in [0.25, 0.3) is 16.5 Å². The molecule has 27 heavy (non-hydrogen) atoms. The molecule has 2 aromatic heterocycles. The predicted molar refractivity (Wildman–Crippen MR) is 101 cm³/mol. The molecule has 4 rings (SSSR count). The monoisotopic (exact) mass is 537 g/mol. The molecule has 0 saturated heterocycles. The van der Waals surface area contributed by atoms with Gasteiger partial charge in [0.05, 0.1) is 5.69 Å². The van der Waals surface area contributed by atoms with Crippen molar-refractivity contribution >= 4 is 16.7 Å².